The van der Waals surface area contributed by atoms with Crippen LogP contribution >= 0.6 is 11.3 Å². The molecule has 1 N–H and O–H groups in total. The number of nitrogens with zero attached hydrogens (tertiary/aromatic N) is 5. The van der Waals surface area contributed by atoms with Crippen molar-refractivity contribution in [3.8, 4) is 0 Å². The van der Waals surface area contributed by atoms with Gasteiger partial charge in [0.2, 0.25) is 0 Å². The first kappa shape index (κ1) is 13.7. The molecule has 7 nitrogen and oxygen atoms in total. The van der Waals surface area contributed by atoms with Crippen LogP contribution in [0.4, 0.5) is 9.93 Å². The average molecular weight is 318 g/mol. The largest absolute Gasteiger partial charge is 0.324 e. The van der Waals surface area contributed by atoms with Crippen LogP contribution in [0.2, 0.25) is 0 Å². The molecule has 0 radical (unpaired) electrons. The number of thiazole rings is 1. The maximum atomic E-state index is 12.4. The van der Waals surface area contributed by atoms with E-state index >= 15 is 0 Å². The van der Waals surface area contributed by atoms with Crippen LogP contribution in [0.15, 0.2) is 11.6 Å². The van der Waals surface area contributed by atoms with Crippen LogP contribution in [0.3, 0.4) is 0 Å². The van der Waals surface area contributed by atoms with Crippen LogP contribution < -0.4 is 5.32 Å². The standard InChI is InChI=1S/C14H18N6OS/c21-14(16-13-15-5-8-22-13)19-6-1-3-10(9-19)12-18-17-11-4-2-7-20(11)12/h5,8,10H,1-4,6-7,9H2,(H,15,16,21). The predicted molar refractivity (Wildman–Crippen MR) is 83.0 cm³/mol. The summed E-state index contributed by atoms with van der Waals surface area (Å²) in [5.41, 5.74) is 0. The Labute approximate surface area is 132 Å². The van der Waals surface area contributed by atoms with Gasteiger partial charge < -0.3 is 9.47 Å². The molecule has 0 saturated carbocycles. The van der Waals surface area contributed by atoms with Crippen molar-refractivity contribution in [3.63, 3.8) is 0 Å². The van der Waals surface area contributed by atoms with Gasteiger partial charge in [-0.3, -0.25) is 5.32 Å². The van der Waals surface area contributed by atoms with Crippen molar-refractivity contribution in [2.24, 2.45) is 0 Å². The van der Waals surface area contributed by atoms with Gasteiger partial charge in [0.1, 0.15) is 11.6 Å². The van der Waals surface area contributed by atoms with Gasteiger partial charge in [-0.15, -0.1) is 21.5 Å². The summed E-state index contributed by atoms with van der Waals surface area (Å²) in [7, 11) is 0. The van der Waals surface area contributed by atoms with Gasteiger partial charge in [0.25, 0.3) is 0 Å². The minimum atomic E-state index is -0.0687. The number of amides is 2. The number of aromatic nitrogens is 4. The highest BCUT2D eigenvalue weighted by molar-refractivity contribution is 7.13. The van der Waals surface area contributed by atoms with E-state index in [1.54, 1.807) is 6.20 Å². The van der Waals surface area contributed by atoms with E-state index in [4.69, 9.17) is 0 Å². The summed E-state index contributed by atoms with van der Waals surface area (Å²) in [6.45, 7) is 2.50. The molecule has 0 spiro atoms. The molecular formula is C14H18N6OS. The maximum Gasteiger partial charge on any atom is 0.323 e. The molecule has 0 aromatic carbocycles. The number of hydrogen-bond acceptors (Lipinski definition) is 5. The van der Waals surface area contributed by atoms with E-state index in [9.17, 15) is 4.79 Å². The molecule has 1 atom stereocenters. The Morgan fingerprint density at radius 1 is 1.32 bits per heavy atom. The molecule has 2 aromatic heterocycles. The van der Waals surface area contributed by atoms with Gasteiger partial charge in [-0.1, -0.05) is 0 Å². The Balaban J connectivity index is 1.46. The number of fused-ring (bicyclic) bond motifs is 1. The first-order valence-corrected chi connectivity index (χ1v) is 8.56. The number of urea groups is 1. The van der Waals surface area contributed by atoms with Gasteiger partial charge in [0, 0.05) is 43.5 Å². The molecular weight excluding hydrogens is 300 g/mol. The lowest BCUT2D eigenvalue weighted by atomic mass is 9.97. The predicted octanol–water partition coefficient (Wildman–Crippen LogP) is 2.09. The zero-order valence-electron chi connectivity index (χ0n) is 12.2. The Morgan fingerprint density at radius 2 is 2.27 bits per heavy atom. The smallest absolute Gasteiger partial charge is 0.323 e. The Kier molecular flexibility index (Phi) is 3.53. The van der Waals surface area contributed by atoms with Crippen molar-refractivity contribution < 1.29 is 4.79 Å². The van der Waals surface area contributed by atoms with Crippen LogP contribution in [0, 0.1) is 0 Å². The number of carbonyl (C=O) groups excluding carboxylic acids is 1. The molecule has 2 amide bonds. The first-order chi connectivity index (χ1) is 10.8. The summed E-state index contributed by atoms with van der Waals surface area (Å²) in [6, 6.07) is -0.0687. The fourth-order valence-corrected chi connectivity index (χ4v) is 3.82. The second-order valence-corrected chi connectivity index (χ2v) is 6.68. The molecule has 1 saturated heterocycles. The van der Waals surface area contributed by atoms with Gasteiger partial charge in [-0.05, 0) is 19.3 Å². The van der Waals surface area contributed by atoms with E-state index in [0.29, 0.717) is 11.7 Å². The number of anilines is 1. The quantitative estimate of drug-likeness (QED) is 0.920. The molecule has 4 rings (SSSR count). The second kappa shape index (κ2) is 5.68. The lowest BCUT2D eigenvalue weighted by Crippen LogP contribution is -2.42. The molecule has 0 aliphatic carbocycles. The number of aryl methyl sites for hydroxylation is 1. The monoisotopic (exact) mass is 318 g/mol. The molecule has 22 heavy (non-hydrogen) atoms. The normalized spacial score (nSPS) is 20.9. The van der Waals surface area contributed by atoms with Gasteiger partial charge in [0.15, 0.2) is 5.13 Å². The highest BCUT2D eigenvalue weighted by Gasteiger charge is 2.30. The van der Waals surface area contributed by atoms with E-state index in [-0.39, 0.29) is 11.9 Å². The van der Waals surface area contributed by atoms with Crippen LogP contribution in [-0.4, -0.2) is 43.8 Å². The average Bonchev–Trinajstić information content (AvgIpc) is 3.25. The molecule has 1 unspecified atom stereocenters. The highest BCUT2D eigenvalue weighted by atomic mass is 32.1. The first-order valence-electron chi connectivity index (χ1n) is 7.68. The third-order valence-electron chi connectivity index (χ3n) is 4.36. The summed E-state index contributed by atoms with van der Waals surface area (Å²) in [5.74, 6) is 2.44. The van der Waals surface area contributed by atoms with E-state index < -0.39 is 0 Å². The molecule has 2 aliphatic heterocycles. The number of rotatable bonds is 2. The van der Waals surface area contributed by atoms with Gasteiger partial charge in [-0.2, -0.15) is 0 Å². The molecule has 8 heteroatoms. The fourth-order valence-electron chi connectivity index (χ4n) is 3.30. The zero-order valence-corrected chi connectivity index (χ0v) is 13.1. The van der Waals surface area contributed by atoms with Crippen molar-refractivity contribution in [3.05, 3.63) is 23.2 Å². The Hall–Kier alpha value is -1.96. The van der Waals surface area contributed by atoms with Crippen LogP contribution in [-0.2, 0) is 13.0 Å². The van der Waals surface area contributed by atoms with Crippen molar-refractivity contribution in [1.82, 2.24) is 24.6 Å². The summed E-state index contributed by atoms with van der Waals surface area (Å²) in [6.07, 6.45) is 5.93. The lowest BCUT2D eigenvalue weighted by Gasteiger charge is -2.32. The Bertz CT molecular complexity index is 667. The van der Waals surface area contributed by atoms with Gasteiger partial charge in [0.05, 0.1) is 0 Å². The van der Waals surface area contributed by atoms with Crippen LogP contribution in [0.1, 0.15) is 36.8 Å². The second-order valence-electron chi connectivity index (χ2n) is 5.78. The number of carbonyl (C=O) groups is 1. The molecule has 2 aromatic rings. The topological polar surface area (TPSA) is 75.9 Å². The molecule has 1 fully saturated rings. The maximum absolute atomic E-state index is 12.4. The molecule has 116 valence electrons. The number of nitrogens with one attached hydrogen (secondary N) is 1. The van der Waals surface area contributed by atoms with Gasteiger partial charge in [-0.25, -0.2) is 9.78 Å². The van der Waals surface area contributed by atoms with Crippen LogP contribution in [0.25, 0.3) is 0 Å². The summed E-state index contributed by atoms with van der Waals surface area (Å²) in [5, 5.41) is 14.0. The summed E-state index contributed by atoms with van der Waals surface area (Å²) >= 11 is 1.43. The van der Waals surface area contributed by atoms with Crippen LogP contribution in [0.5, 0.6) is 0 Å². The lowest BCUT2D eigenvalue weighted by molar-refractivity contribution is 0.190. The summed E-state index contributed by atoms with van der Waals surface area (Å²) < 4.78 is 2.24. The van der Waals surface area contributed by atoms with Crippen molar-refractivity contribution in [2.45, 2.75) is 38.1 Å². The third kappa shape index (κ3) is 2.47. The van der Waals surface area contributed by atoms with Crippen molar-refractivity contribution >= 4 is 22.5 Å². The number of piperidine rings is 1. The number of hydrogen-bond donors (Lipinski definition) is 1. The van der Waals surface area contributed by atoms with E-state index in [1.807, 2.05) is 10.3 Å². The van der Waals surface area contributed by atoms with Crippen molar-refractivity contribution in [1.29, 1.82) is 0 Å². The molecule has 2 aliphatic rings. The molecule has 0 bridgehead atoms. The van der Waals surface area contributed by atoms with E-state index in [1.165, 1.54) is 11.3 Å². The minimum Gasteiger partial charge on any atom is -0.324 e. The molecule has 4 heterocycles. The van der Waals surface area contributed by atoms with Gasteiger partial charge >= 0.3 is 6.03 Å². The SMILES string of the molecule is O=C(Nc1nccs1)N1CCCC(c2nnc3n2CCC3)C1. The van der Waals surface area contributed by atoms with Crippen molar-refractivity contribution in [2.75, 3.05) is 18.4 Å². The van der Waals surface area contributed by atoms with E-state index in [2.05, 4.69) is 25.1 Å². The zero-order chi connectivity index (χ0) is 14.9. The Morgan fingerprint density at radius 3 is 3.14 bits per heavy atom. The third-order valence-corrected chi connectivity index (χ3v) is 5.05. The fraction of sp³-hybridized carbons (Fsp3) is 0.571. The highest BCUT2D eigenvalue weighted by Crippen LogP contribution is 2.28. The summed E-state index contributed by atoms with van der Waals surface area (Å²) in [4.78, 5) is 18.3. The number of likely N-dealkylation sites (tertiary alicyclic amines) is 1. The minimum absolute atomic E-state index is 0.0687. The van der Waals surface area contributed by atoms with E-state index in [0.717, 1.165) is 50.4 Å².